The molecule has 1 atom stereocenters. The molecule has 0 aromatic heterocycles. The van der Waals surface area contributed by atoms with Gasteiger partial charge in [0.2, 0.25) is 0 Å². The first kappa shape index (κ1) is 16.7. The highest BCUT2D eigenvalue weighted by molar-refractivity contribution is 7.98. The zero-order chi connectivity index (χ0) is 14.3. The molecule has 1 aromatic rings. The van der Waals surface area contributed by atoms with Crippen LogP contribution >= 0.6 is 23.4 Å². The van der Waals surface area contributed by atoms with Crippen LogP contribution in [0.4, 0.5) is 5.69 Å². The Morgan fingerprint density at radius 3 is 2.74 bits per heavy atom. The molecule has 1 rings (SSSR count). The molecule has 0 radical (unpaired) electrons. The maximum absolute atomic E-state index is 6.35. The van der Waals surface area contributed by atoms with Gasteiger partial charge >= 0.3 is 0 Å². The van der Waals surface area contributed by atoms with Crippen LogP contribution in [0.5, 0.6) is 0 Å². The number of thioether (sulfide) groups is 1. The molecular weight excluding hydrogens is 276 g/mol. The SMILES string of the molecule is CCNCc1ccc(N(C)C(C)CCSC)cc1Cl. The molecule has 1 N–H and O–H groups in total. The van der Waals surface area contributed by atoms with E-state index in [0.29, 0.717) is 6.04 Å². The van der Waals surface area contributed by atoms with Crippen molar-refractivity contribution in [1.29, 1.82) is 0 Å². The van der Waals surface area contributed by atoms with Gasteiger partial charge in [-0.05, 0) is 49.6 Å². The van der Waals surface area contributed by atoms with Crippen molar-refractivity contribution < 1.29 is 0 Å². The Bertz CT molecular complexity index is 384. The van der Waals surface area contributed by atoms with E-state index in [1.807, 2.05) is 11.8 Å². The summed E-state index contributed by atoms with van der Waals surface area (Å²) >= 11 is 8.24. The van der Waals surface area contributed by atoms with Gasteiger partial charge in [0.15, 0.2) is 0 Å². The molecular formula is C15H25ClN2S. The summed E-state index contributed by atoms with van der Waals surface area (Å²) in [7, 11) is 2.14. The van der Waals surface area contributed by atoms with Gasteiger partial charge in [0.25, 0.3) is 0 Å². The number of hydrogen-bond donors (Lipinski definition) is 1. The first-order valence-electron chi connectivity index (χ1n) is 6.81. The third-order valence-electron chi connectivity index (χ3n) is 3.41. The number of rotatable bonds is 8. The largest absolute Gasteiger partial charge is 0.372 e. The van der Waals surface area contributed by atoms with Crippen LogP contribution in [-0.4, -0.2) is 31.6 Å². The van der Waals surface area contributed by atoms with Crippen molar-refractivity contribution in [2.24, 2.45) is 0 Å². The molecule has 1 aromatic carbocycles. The van der Waals surface area contributed by atoms with Crippen LogP contribution in [0, 0.1) is 0 Å². The van der Waals surface area contributed by atoms with Crippen LogP contribution < -0.4 is 10.2 Å². The summed E-state index contributed by atoms with van der Waals surface area (Å²) in [4.78, 5) is 2.30. The lowest BCUT2D eigenvalue weighted by atomic mass is 10.1. The van der Waals surface area contributed by atoms with Gasteiger partial charge in [0.1, 0.15) is 0 Å². The third-order valence-corrected chi connectivity index (χ3v) is 4.41. The van der Waals surface area contributed by atoms with Crippen molar-refractivity contribution in [2.75, 3.05) is 30.5 Å². The smallest absolute Gasteiger partial charge is 0.0471 e. The fraction of sp³-hybridized carbons (Fsp3) is 0.600. The molecule has 0 aliphatic carbocycles. The van der Waals surface area contributed by atoms with E-state index >= 15 is 0 Å². The van der Waals surface area contributed by atoms with E-state index in [1.165, 1.54) is 17.9 Å². The first-order chi connectivity index (χ1) is 9.10. The maximum Gasteiger partial charge on any atom is 0.0471 e. The molecule has 0 heterocycles. The number of nitrogens with zero attached hydrogens (tertiary/aromatic N) is 1. The predicted octanol–water partition coefficient (Wildman–Crippen LogP) is 4.03. The summed E-state index contributed by atoms with van der Waals surface area (Å²) in [5.41, 5.74) is 2.36. The lowest BCUT2D eigenvalue weighted by molar-refractivity contribution is 0.669. The summed E-state index contributed by atoms with van der Waals surface area (Å²) in [5.74, 6) is 1.19. The molecule has 0 amide bonds. The summed E-state index contributed by atoms with van der Waals surface area (Å²) in [6.45, 7) is 6.16. The number of halogens is 1. The van der Waals surface area contributed by atoms with E-state index in [1.54, 1.807) is 0 Å². The second-order valence-electron chi connectivity index (χ2n) is 4.80. The molecule has 4 heteroatoms. The van der Waals surface area contributed by atoms with Crippen molar-refractivity contribution in [3.05, 3.63) is 28.8 Å². The molecule has 1 unspecified atom stereocenters. The van der Waals surface area contributed by atoms with E-state index in [0.717, 1.165) is 23.7 Å². The van der Waals surface area contributed by atoms with Crippen molar-refractivity contribution in [2.45, 2.75) is 32.9 Å². The van der Waals surface area contributed by atoms with Crippen LogP contribution in [0.2, 0.25) is 5.02 Å². The van der Waals surface area contributed by atoms with Crippen LogP contribution in [-0.2, 0) is 6.54 Å². The van der Waals surface area contributed by atoms with Crippen LogP contribution in [0.25, 0.3) is 0 Å². The Morgan fingerprint density at radius 1 is 1.42 bits per heavy atom. The average Bonchev–Trinajstić information content (AvgIpc) is 2.42. The van der Waals surface area contributed by atoms with Crippen molar-refractivity contribution in [3.8, 4) is 0 Å². The Hall–Kier alpha value is -0.380. The summed E-state index contributed by atoms with van der Waals surface area (Å²) in [6.07, 6.45) is 3.34. The summed E-state index contributed by atoms with van der Waals surface area (Å²) < 4.78 is 0. The summed E-state index contributed by atoms with van der Waals surface area (Å²) in [5, 5.41) is 4.15. The van der Waals surface area contributed by atoms with Crippen LogP contribution in [0.3, 0.4) is 0 Å². The number of hydrogen-bond acceptors (Lipinski definition) is 3. The Balaban J connectivity index is 2.70. The van der Waals surface area contributed by atoms with E-state index in [-0.39, 0.29) is 0 Å². The van der Waals surface area contributed by atoms with Gasteiger partial charge < -0.3 is 10.2 Å². The minimum atomic E-state index is 0.531. The van der Waals surface area contributed by atoms with E-state index < -0.39 is 0 Å². The maximum atomic E-state index is 6.35. The third kappa shape index (κ3) is 5.25. The quantitative estimate of drug-likeness (QED) is 0.780. The van der Waals surface area contributed by atoms with Crippen LogP contribution in [0.1, 0.15) is 25.8 Å². The molecule has 0 fully saturated rings. The molecule has 108 valence electrons. The first-order valence-corrected chi connectivity index (χ1v) is 8.58. The highest BCUT2D eigenvalue weighted by Gasteiger charge is 2.11. The van der Waals surface area contributed by atoms with E-state index in [9.17, 15) is 0 Å². The molecule has 0 saturated heterocycles. The minimum Gasteiger partial charge on any atom is -0.372 e. The molecule has 0 bridgehead atoms. The zero-order valence-corrected chi connectivity index (χ0v) is 13.9. The number of benzene rings is 1. The van der Waals surface area contributed by atoms with Gasteiger partial charge in [-0.25, -0.2) is 0 Å². The number of anilines is 1. The molecule has 0 aliphatic heterocycles. The number of nitrogens with one attached hydrogen (secondary N) is 1. The average molecular weight is 301 g/mol. The second-order valence-corrected chi connectivity index (χ2v) is 6.19. The van der Waals surface area contributed by atoms with Crippen molar-refractivity contribution in [3.63, 3.8) is 0 Å². The highest BCUT2D eigenvalue weighted by atomic mass is 35.5. The lowest BCUT2D eigenvalue weighted by Gasteiger charge is -2.27. The normalized spacial score (nSPS) is 12.5. The zero-order valence-electron chi connectivity index (χ0n) is 12.4. The van der Waals surface area contributed by atoms with Gasteiger partial charge in [-0.15, -0.1) is 0 Å². The molecule has 19 heavy (non-hydrogen) atoms. The van der Waals surface area contributed by atoms with E-state index in [4.69, 9.17) is 11.6 Å². The lowest BCUT2D eigenvalue weighted by Crippen LogP contribution is -2.29. The highest BCUT2D eigenvalue weighted by Crippen LogP contribution is 2.25. The monoisotopic (exact) mass is 300 g/mol. The molecule has 0 aliphatic rings. The molecule has 0 saturated carbocycles. The molecule has 0 spiro atoms. The molecule has 2 nitrogen and oxygen atoms in total. The fourth-order valence-electron chi connectivity index (χ4n) is 1.90. The Morgan fingerprint density at radius 2 is 2.16 bits per heavy atom. The predicted molar refractivity (Wildman–Crippen MR) is 89.7 cm³/mol. The topological polar surface area (TPSA) is 15.3 Å². The Kier molecular flexibility index (Phi) is 7.66. The van der Waals surface area contributed by atoms with Crippen LogP contribution in [0.15, 0.2) is 18.2 Å². The van der Waals surface area contributed by atoms with Gasteiger partial charge in [0, 0.05) is 30.3 Å². The van der Waals surface area contributed by atoms with Gasteiger partial charge in [-0.3, -0.25) is 0 Å². The van der Waals surface area contributed by atoms with Crippen molar-refractivity contribution >= 4 is 29.1 Å². The fourth-order valence-corrected chi connectivity index (χ4v) is 2.71. The van der Waals surface area contributed by atoms with Crippen molar-refractivity contribution in [1.82, 2.24) is 5.32 Å². The van der Waals surface area contributed by atoms with Gasteiger partial charge in [0.05, 0.1) is 0 Å². The Labute approximate surface area is 126 Å². The van der Waals surface area contributed by atoms with Gasteiger partial charge in [-0.2, -0.15) is 11.8 Å². The second kappa shape index (κ2) is 8.72. The minimum absolute atomic E-state index is 0.531. The summed E-state index contributed by atoms with van der Waals surface area (Å²) in [6, 6.07) is 6.89. The van der Waals surface area contributed by atoms with Gasteiger partial charge in [-0.1, -0.05) is 24.6 Å². The standard InChI is InChI=1S/C15H25ClN2S/c1-5-17-11-13-6-7-14(10-15(13)16)18(3)12(2)8-9-19-4/h6-7,10,12,17H,5,8-9,11H2,1-4H3. The van der Waals surface area contributed by atoms with E-state index in [2.05, 4.69) is 55.6 Å².